The summed E-state index contributed by atoms with van der Waals surface area (Å²) in [5, 5.41) is 11.5. The first-order valence-corrected chi connectivity index (χ1v) is 6.75. The van der Waals surface area contributed by atoms with E-state index < -0.39 is 0 Å². The van der Waals surface area contributed by atoms with Crippen molar-refractivity contribution in [2.45, 2.75) is 40.8 Å². The lowest BCUT2D eigenvalue weighted by atomic mass is 10.2. The number of hydrogen-bond acceptors (Lipinski definition) is 4. The molecule has 18 heavy (non-hydrogen) atoms. The predicted molar refractivity (Wildman–Crippen MR) is 72.2 cm³/mol. The largest absolute Gasteiger partial charge is 0.374 e. The molecule has 0 radical (unpaired) electrons. The summed E-state index contributed by atoms with van der Waals surface area (Å²) in [6.07, 6.45) is 1.96. The summed E-state index contributed by atoms with van der Waals surface area (Å²) in [6.45, 7) is 12.8. The van der Waals surface area contributed by atoms with Gasteiger partial charge in [-0.25, -0.2) is 0 Å². The summed E-state index contributed by atoms with van der Waals surface area (Å²) in [5.41, 5.74) is 0.902. The molecule has 1 aromatic rings. The van der Waals surface area contributed by atoms with Crippen molar-refractivity contribution in [3.8, 4) is 0 Å². The molecule has 5 nitrogen and oxygen atoms in total. The molecule has 1 rings (SSSR count). The van der Waals surface area contributed by atoms with Crippen LogP contribution in [0.4, 0.5) is 0 Å². The molecule has 0 atom stereocenters. The highest BCUT2D eigenvalue weighted by Crippen LogP contribution is 2.00. The summed E-state index contributed by atoms with van der Waals surface area (Å²) in [5.74, 6) is 1.27. The second kappa shape index (κ2) is 8.21. The fraction of sp³-hybridized carbons (Fsp3) is 0.846. The number of rotatable bonds is 9. The summed E-state index contributed by atoms with van der Waals surface area (Å²) >= 11 is 0. The molecule has 0 spiro atoms. The van der Waals surface area contributed by atoms with Crippen molar-refractivity contribution in [2.75, 3.05) is 19.7 Å². The SMILES string of the molecule is CC(C)CNCCOCc1cn(CC(C)C)nn1. The first-order valence-electron chi connectivity index (χ1n) is 6.75. The van der Waals surface area contributed by atoms with E-state index in [0.29, 0.717) is 25.0 Å². The molecular weight excluding hydrogens is 228 g/mol. The third-order valence-corrected chi connectivity index (χ3v) is 2.36. The molecule has 0 aliphatic carbocycles. The normalized spacial score (nSPS) is 11.7. The van der Waals surface area contributed by atoms with Gasteiger partial charge >= 0.3 is 0 Å². The third kappa shape index (κ3) is 6.71. The quantitative estimate of drug-likeness (QED) is 0.681. The van der Waals surface area contributed by atoms with E-state index >= 15 is 0 Å². The van der Waals surface area contributed by atoms with Gasteiger partial charge in [0.2, 0.25) is 0 Å². The first kappa shape index (κ1) is 15.1. The smallest absolute Gasteiger partial charge is 0.108 e. The van der Waals surface area contributed by atoms with E-state index in [4.69, 9.17) is 4.74 Å². The van der Waals surface area contributed by atoms with Crippen LogP contribution in [0.15, 0.2) is 6.20 Å². The minimum absolute atomic E-state index is 0.543. The van der Waals surface area contributed by atoms with Crippen LogP contribution in [0, 0.1) is 11.8 Å². The molecule has 0 aliphatic heterocycles. The lowest BCUT2D eigenvalue weighted by molar-refractivity contribution is 0.119. The zero-order valence-electron chi connectivity index (χ0n) is 12.0. The number of nitrogens with one attached hydrogen (secondary N) is 1. The summed E-state index contributed by atoms with van der Waals surface area (Å²) in [6, 6.07) is 0. The summed E-state index contributed by atoms with van der Waals surface area (Å²) in [7, 11) is 0. The highest BCUT2D eigenvalue weighted by atomic mass is 16.5. The highest BCUT2D eigenvalue weighted by molar-refractivity contribution is 4.89. The molecule has 0 unspecified atom stereocenters. The van der Waals surface area contributed by atoms with Gasteiger partial charge in [-0.2, -0.15) is 0 Å². The molecule has 1 N–H and O–H groups in total. The molecule has 1 aromatic heterocycles. The maximum Gasteiger partial charge on any atom is 0.108 e. The van der Waals surface area contributed by atoms with Crippen molar-refractivity contribution in [1.82, 2.24) is 20.3 Å². The Labute approximate surface area is 110 Å². The Morgan fingerprint density at radius 1 is 1.28 bits per heavy atom. The molecule has 0 aromatic carbocycles. The Balaban J connectivity index is 2.10. The van der Waals surface area contributed by atoms with E-state index in [1.807, 2.05) is 10.9 Å². The number of aromatic nitrogens is 3. The standard InChI is InChI=1S/C13H26N4O/c1-11(2)7-14-5-6-18-10-13-9-17(16-15-13)8-12(3)4/h9,11-12,14H,5-8,10H2,1-4H3. The molecule has 0 aliphatic rings. The molecule has 104 valence electrons. The van der Waals surface area contributed by atoms with Crippen molar-refractivity contribution < 1.29 is 4.74 Å². The molecule has 0 saturated heterocycles. The van der Waals surface area contributed by atoms with Crippen LogP contribution in [0.1, 0.15) is 33.4 Å². The predicted octanol–water partition coefficient (Wildman–Crippen LogP) is 1.70. The fourth-order valence-corrected chi connectivity index (χ4v) is 1.58. The summed E-state index contributed by atoms with van der Waals surface area (Å²) in [4.78, 5) is 0. The van der Waals surface area contributed by atoms with Gasteiger partial charge in [0.25, 0.3) is 0 Å². The number of nitrogens with zero attached hydrogens (tertiary/aromatic N) is 3. The Hall–Kier alpha value is -0.940. The van der Waals surface area contributed by atoms with E-state index in [0.717, 1.165) is 25.3 Å². The maximum absolute atomic E-state index is 5.54. The Morgan fingerprint density at radius 3 is 2.72 bits per heavy atom. The van der Waals surface area contributed by atoms with E-state index in [1.165, 1.54) is 0 Å². The highest BCUT2D eigenvalue weighted by Gasteiger charge is 2.02. The fourth-order valence-electron chi connectivity index (χ4n) is 1.58. The van der Waals surface area contributed by atoms with Crippen LogP contribution in [-0.4, -0.2) is 34.7 Å². The molecule has 1 heterocycles. The van der Waals surface area contributed by atoms with Crippen molar-refractivity contribution in [2.24, 2.45) is 11.8 Å². The van der Waals surface area contributed by atoms with Crippen molar-refractivity contribution in [3.05, 3.63) is 11.9 Å². The van der Waals surface area contributed by atoms with Crippen molar-refractivity contribution in [1.29, 1.82) is 0 Å². The van der Waals surface area contributed by atoms with Crippen LogP contribution >= 0.6 is 0 Å². The topological polar surface area (TPSA) is 52.0 Å². The average Bonchev–Trinajstić information content (AvgIpc) is 2.69. The van der Waals surface area contributed by atoms with Gasteiger partial charge in [-0.3, -0.25) is 4.68 Å². The van der Waals surface area contributed by atoms with E-state index in [1.54, 1.807) is 0 Å². The molecule has 0 amide bonds. The molecule has 0 saturated carbocycles. The Kier molecular flexibility index (Phi) is 6.90. The maximum atomic E-state index is 5.54. The van der Waals surface area contributed by atoms with Crippen LogP contribution in [0.5, 0.6) is 0 Å². The van der Waals surface area contributed by atoms with Crippen molar-refractivity contribution in [3.63, 3.8) is 0 Å². The van der Waals surface area contributed by atoms with Gasteiger partial charge in [0.05, 0.1) is 19.4 Å². The number of ether oxygens (including phenoxy) is 1. The van der Waals surface area contributed by atoms with Crippen LogP contribution in [0.3, 0.4) is 0 Å². The van der Waals surface area contributed by atoms with Gasteiger partial charge in [-0.05, 0) is 18.4 Å². The summed E-state index contributed by atoms with van der Waals surface area (Å²) < 4.78 is 7.42. The van der Waals surface area contributed by atoms with Gasteiger partial charge in [-0.1, -0.05) is 32.9 Å². The minimum Gasteiger partial charge on any atom is -0.374 e. The lowest BCUT2D eigenvalue weighted by Gasteiger charge is -2.07. The molecule has 5 heteroatoms. The van der Waals surface area contributed by atoms with Crippen LogP contribution in [-0.2, 0) is 17.9 Å². The van der Waals surface area contributed by atoms with Gasteiger partial charge in [0, 0.05) is 13.1 Å². The van der Waals surface area contributed by atoms with E-state index in [9.17, 15) is 0 Å². The zero-order valence-corrected chi connectivity index (χ0v) is 12.0. The second-order valence-electron chi connectivity index (χ2n) is 5.48. The second-order valence-corrected chi connectivity index (χ2v) is 5.48. The average molecular weight is 254 g/mol. The van der Waals surface area contributed by atoms with E-state index in [2.05, 4.69) is 43.3 Å². The molecule has 0 bridgehead atoms. The minimum atomic E-state index is 0.543. The third-order valence-electron chi connectivity index (χ3n) is 2.36. The van der Waals surface area contributed by atoms with Crippen molar-refractivity contribution >= 4 is 0 Å². The van der Waals surface area contributed by atoms with Gasteiger partial charge < -0.3 is 10.1 Å². The van der Waals surface area contributed by atoms with Crippen LogP contribution in [0.25, 0.3) is 0 Å². The van der Waals surface area contributed by atoms with Gasteiger partial charge in [0.1, 0.15) is 5.69 Å². The van der Waals surface area contributed by atoms with Crippen LogP contribution in [0.2, 0.25) is 0 Å². The number of hydrogen-bond donors (Lipinski definition) is 1. The van der Waals surface area contributed by atoms with Gasteiger partial charge in [-0.15, -0.1) is 5.10 Å². The Morgan fingerprint density at radius 2 is 2.06 bits per heavy atom. The molecule has 0 fully saturated rings. The van der Waals surface area contributed by atoms with E-state index in [-0.39, 0.29) is 0 Å². The monoisotopic (exact) mass is 254 g/mol. The van der Waals surface area contributed by atoms with Gasteiger partial charge in [0.15, 0.2) is 0 Å². The zero-order chi connectivity index (χ0) is 13.4. The van der Waals surface area contributed by atoms with Crippen LogP contribution < -0.4 is 5.32 Å². The first-order chi connectivity index (χ1) is 8.58. The molecular formula is C13H26N4O. The lowest BCUT2D eigenvalue weighted by Crippen LogP contribution is -2.23. The Bertz CT molecular complexity index is 323.